The third-order valence-electron chi connectivity index (χ3n) is 4.52. The molecule has 2 atom stereocenters. The topological polar surface area (TPSA) is 32.3 Å². The number of rotatable bonds is 5. The summed E-state index contributed by atoms with van der Waals surface area (Å²) in [6.45, 7) is 5.71. The maximum absolute atomic E-state index is 11.3. The highest BCUT2D eigenvalue weighted by atomic mass is 16.2. The Balaban J connectivity index is 1.87. The smallest absolute Gasteiger partial charge is 0.219 e. The molecule has 1 aromatic rings. The monoisotopic (exact) mass is 288 g/mol. The Labute approximate surface area is 128 Å². The average molecular weight is 288 g/mol. The number of anilines is 1. The van der Waals surface area contributed by atoms with Crippen LogP contribution < -0.4 is 5.32 Å². The summed E-state index contributed by atoms with van der Waals surface area (Å²) < 4.78 is 0. The van der Waals surface area contributed by atoms with Crippen LogP contribution in [0.15, 0.2) is 24.3 Å². The molecule has 1 aliphatic rings. The lowest BCUT2D eigenvalue weighted by molar-refractivity contribution is -0.128. The van der Waals surface area contributed by atoms with Crippen molar-refractivity contribution in [1.29, 1.82) is 0 Å². The summed E-state index contributed by atoms with van der Waals surface area (Å²) in [5.74, 6) is 1.78. The molecule has 3 nitrogen and oxygen atoms in total. The molecule has 2 unspecified atom stereocenters. The van der Waals surface area contributed by atoms with Gasteiger partial charge in [-0.3, -0.25) is 4.79 Å². The van der Waals surface area contributed by atoms with E-state index in [1.165, 1.54) is 36.9 Å². The Kier molecular flexibility index (Phi) is 5.66. The van der Waals surface area contributed by atoms with Crippen LogP contribution in [0.3, 0.4) is 0 Å². The lowest BCUT2D eigenvalue weighted by Crippen LogP contribution is -2.23. The van der Waals surface area contributed by atoms with Gasteiger partial charge < -0.3 is 10.2 Å². The van der Waals surface area contributed by atoms with Crippen molar-refractivity contribution in [2.45, 2.75) is 46.1 Å². The van der Waals surface area contributed by atoms with Gasteiger partial charge in [0.25, 0.3) is 0 Å². The van der Waals surface area contributed by atoms with E-state index in [4.69, 9.17) is 0 Å². The normalized spacial score (nSPS) is 21.9. The van der Waals surface area contributed by atoms with Crippen LogP contribution in [0.2, 0.25) is 0 Å². The van der Waals surface area contributed by atoms with E-state index in [0.29, 0.717) is 6.54 Å². The molecule has 1 N–H and O–H groups in total. The molecule has 1 aliphatic carbocycles. The fourth-order valence-corrected chi connectivity index (χ4v) is 3.17. The standard InChI is InChI=1S/C18H28N2O/c1-14-6-4-7-16(10-14)12-19-18-9-5-8-17(11-18)13-20(3)15(2)21/h5,8-9,11,14,16,19H,4,6-7,10,12-13H2,1-3H3. The van der Waals surface area contributed by atoms with E-state index < -0.39 is 0 Å². The zero-order chi connectivity index (χ0) is 15.2. The van der Waals surface area contributed by atoms with Crippen LogP contribution in [-0.4, -0.2) is 24.4 Å². The minimum Gasteiger partial charge on any atom is -0.385 e. The molecule has 3 heteroatoms. The second-order valence-electron chi connectivity index (χ2n) is 6.59. The molecule has 0 heterocycles. The summed E-state index contributed by atoms with van der Waals surface area (Å²) >= 11 is 0. The van der Waals surface area contributed by atoms with Gasteiger partial charge in [-0.15, -0.1) is 0 Å². The third kappa shape index (κ3) is 5.07. The fourth-order valence-electron chi connectivity index (χ4n) is 3.17. The van der Waals surface area contributed by atoms with Crippen molar-refractivity contribution in [2.24, 2.45) is 11.8 Å². The largest absolute Gasteiger partial charge is 0.385 e. The zero-order valence-electron chi connectivity index (χ0n) is 13.6. The molecule has 21 heavy (non-hydrogen) atoms. The van der Waals surface area contributed by atoms with Crippen LogP contribution in [0, 0.1) is 11.8 Å². The lowest BCUT2D eigenvalue weighted by atomic mass is 9.82. The van der Waals surface area contributed by atoms with Crippen molar-refractivity contribution in [2.75, 3.05) is 18.9 Å². The summed E-state index contributed by atoms with van der Waals surface area (Å²) in [5, 5.41) is 3.57. The second-order valence-corrected chi connectivity index (χ2v) is 6.59. The number of carbonyl (C=O) groups excluding carboxylic acids is 1. The van der Waals surface area contributed by atoms with Gasteiger partial charge in [-0.1, -0.05) is 31.9 Å². The summed E-state index contributed by atoms with van der Waals surface area (Å²) in [4.78, 5) is 13.0. The average Bonchev–Trinajstić information content (AvgIpc) is 2.45. The highest BCUT2D eigenvalue weighted by Gasteiger charge is 2.18. The van der Waals surface area contributed by atoms with E-state index in [-0.39, 0.29) is 5.91 Å². The minimum absolute atomic E-state index is 0.101. The maximum Gasteiger partial charge on any atom is 0.219 e. The van der Waals surface area contributed by atoms with Crippen molar-refractivity contribution in [1.82, 2.24) is 4.90 Å². The van der Waals surface area contributed by atoms with Crippen LogP contribution in [0.25, 0.3) is 0 Å². The van der Waals surface area contributed by atoms with Gasteiger partial charge in [0.15, 0.2) is 0 Å². The highest BCUT2D eigenvalue weighted by Crippen LogP contribution is 2.28. The van der Waals surface area contributed by atoms with Crippen LogP contribution in [0.5, 0.6) is 0 Å². The Hall–Kier alpha value is -1.51. The number of carbonyl (C=O) groups is 1. The molecule has 0 aromatic heterocycles. The maximum atomic E-state index is 11.3. The number of hydrogen-bond acceptors (Lipinski definition) is 2. The van der Waals surface area contributed by atoms with Crippen LogP contribution in [0.4, 0.5) is 5.69 Å². The summed E-state index contributed by atoms with van der Waals surface area (Å²) in [6, 6.07) is 8.41. The summed E-state index contributed by atoms with van der Waals surface area (Å²) in [7, 11) is 1.84. The molecule has 0 bridgehead atoms. The van der Waals surface area contributed by atoms with Crippen molar-refractivity contribution < 1.29 is 4.79 Å². The fraction of sp³-hybridized carbons (Fsp3) is 0.611. The predicted molar refractivity (Wildman–Crippen MR) is 88.2 cm³/mol. The van der Waals surface area contributed by atoms with Crippen LogP contribution >= 0.6 is 0 Å². The van der Waals surface area contributed by atoms with Crippen molar-refractivity contribution in [3.05, 3.63) is 29.8 Å². The highest BCUT2D eigenvalue weighted by molar-refractivity contribution is 5.72. The molecule has 1 amide bonds. The minimum atomic E-state index is 0.101. The number of benzene rings is 1. The zero-order valence-corrected chi connectivity index (χ0v) is 13.6. The van der Waals surface area contributed by atoms with Crippen molar-refractivity contribution in [3.63, 3.8) is 0 Å². The van der Waals surface area contributed by atoms with Gasteiger partial charge in [-0.05, 0) is 42.4 Å². The summed E-state index contributed by atoms with van der Waals surface area (Å²) in [6.07, 6.45) is 5.46. The van der Waals surface area contributed by atoms with Gasteiger partial charge >= 0.3 is 0 Å². The first kappa shape index (κ1) is 15.9. The first-order chi connectivity index (χ1) is 10.0. The molecule has 0 aliphatic heterocycles. The van der Waals surface area contributed by atoms with Gasteiger partial charge in [0, 0.05) is 32.7 Å². The van der Waals surface area contributed by atoms with E-state index in [2.05, 4.69) is 36.5 Å². The van der Waals surface area contributed by atoms with Gasteiger partial charge in [0.2, 0.25) is 5.91 Å². The molecule has 1 fully saturated rings. The quantitative estimate of drug-likeness (QED) is 0.891. The van der Waals surface area contributed by atoms with Gasteiger partial charge in [0.05, 0.1) is 0 Å². The number of hydrogen-bond donors (Lipinski definition) is 1. The van der Waals surface area contributed by atoms with E-state index in [0.717, 1.165) is 18.4 Å². The molecule has 1 aromatic carbocycles. The van der Waals surface area contributed by atoms with E-state index in [1.54, 1.807) is 11.8 Å². The van der Waals surface area contributed by atoms with Gasteiger partial charge in [-0.2, -0.15) is 0 Å². The molecule has 116 valence electrons. The number of nitrogens with zero attached hydrogens (tertiary/aromatic N) is 1. The second kappa shape index (κ2) is 7.48. The van der Waals surface area contributed by atoms with E-state index in [9.17, 15) is 4.79 Å². The molecule has 0 saturated heterocycles. The molecular weight excluding hydrogens is 260 g/mol. The first-order valence-electron chi connectivity index (χ1n) is 8.09. The van der Waals surface area contributed by atoms with Gasteiger partial charge in [-0.25, -0.2) is 0 Å². The van der Waals surface area contributed by atoms with Crippen LogP contribution in [-0.2, 0) is 11.3 Å². The van der Waals surface area contributed by atoms with E-state index >= 15 is 0 Å². The number of nitrogens with one attached hydrogen (secondary N) is 1. The molecular formula is C18H28N2O. The molecule has 1 saturated carbocycles. The Morgan fingerprint density at radius 1 is 1.38 bits per heavy atom. The van der Waals surface area contributed by atoms with Crippen LogP contribution in [0.1, 0.15) is 45.1 Å². The third-order valence-corrected chi connectivity index (χ3v) is 4.52. The Morgan fingerprint density at radius 2 is 2.19 bits per heavy atom. The van der Waals surface area contributed by atoms with E-state index in [1.807, 2.05) is 7.05 Å². The Morgan fingerprint density at radius 3 is 2.90 bits per heavy atom. The SMILES string of the molecule is CC(=O)N(C)Cc1cccc(NCC2CCCC(C)C2)c1. The Bertz CT molecular complexity index is 472. The van der Waals surface area contributed by atoms with Gasteiger partial charge in [0.1, 0.15) is 0 Å². The predicted octanol–water partition coefficient (Wildman–Crippen LogP) is 3.90. The first-order valence-corrected chi connectivity index (χ1v) is 8.09. The molecule has 2 rings (SSSR count). The lowest BCUT2D eigenvalue weighted by Gasteiger charge is -2.27. The molecule has 0 spiro atoms. The molecule has 0 radical (unpaired) electrons. The number of amides is 1. The van der Waals surface area contributed by atoms with Crippen molar-refractivity contribution in [3.8, 4) is 0 Å². The summed E-state index contributed by atoms with van der Waals surface area (Å²) in [5.41, 5.74) is 2.34. The van der Waals surface area contributed by atoms with Crippen molar-refractivity contribution >= 4 is 11.6 Å².